The van der Waals surface area contributed by atoms with E-state index in [1.165, 1.54) is 0 Å². The Kier molecular flexibility index (Phi) is 6.56. The van der Waals surface area contributed by atoms with Crippen LogP contribution in [0.15, 0.2) is 6.07 Å². The summed E-state index contributed by atoms with van der Waals surface area (Å²) in [5, 5.41) is 18.8. The van der Waals surface area contributed by atoms with Crippen LogP contribution in [0.2, 0.25) is 0 Å². The van der Waals surface area contributed by atoms with E-state index in [0.29, 0.717) is 24.1 Å². The largest absolute Gasteiger partial charge is 0.396 e. The molecule has 1 unspecified atom stereocenters. The van der Waals surface area contributed by atoms with Gasteiger partial charge in [-0.3, -0.25) is 9.89 Å². The van der Waals surface area contributed by atoms with Crippen LogP contribution >= 0.6 is 0 Å². The normalized spacial score (nSPS) is 12.7. The maximum atomic E-state index is 11.9. The van der Waals surface area contributed by atoms with Gasteiger partial charge >= 0.3 is 0 Å². The molecule has 0 radical (unpaired) electrons. The topological polar surface area (TPSA) is 78.0 Å². The predicted octanol–water partition coefficient (Wildman–Crippen LogP) is 2.06. The van der Waals surface area contributed by atoms with Crippen LogP contribution in [0.1, 0.15) is 62.1 Å². The number of aromatic amines is 1. The van der Waals surface area contributed by atoms with E-state index in [4.69, 9.17) is 5.11 Å². The number of aliphatic hydroxyl groups excluding tert-OH is 1. The van der Waals surface area contributed by atoms with E-state index >= 15 is 0 Å². The Morgan fingerprint density at radius 3 is 2.74 bits per heavy atom. The minimum atomic E-state index is -0.151. The number of hydrogen-bond donors (Lipinski definition) is 3. The Morgan fingerprint density at radius 2 is 2.21 bits per heavy atom. The van der Waals surface area contributed by atoms with Crippen molar-refractivity contribution in [2.45, 2.75) is 46.0 Å². The highest BCUT2D eigenvalue weighted by molar-refractivity contribution is 5.92. The second kappa shape index (κ2) is 7.94. The van der Waals surface area contributed by atoms with Gasteiger partial charge in [-0.2, -0.15) is 5.10 Å². The molecule has 1 atom stereocenters. The van der Waals surface area contributed by atoms with Crippen molar-refractivity contribution < 1.29 is 9.90 Å². The van der Waals surface area contributed by atoms with Crippen molar-refractivity contribution in [1.82, 2.24) is 15.5 Å². The van der Waals surface area contributed by atoms with Crippen LogP contribution in [-0.2, 0) is 0 Å². The summed E-state index contributed by atoms with van der Waals surface area (Å²) in [6.45, 7) is 6.97. The fourth-order valence-corrected chi connectivity index (χ4v) is 2.02. The van der Waals surface area contributed by atoms with Gasteiger partial charge in [0.15, 0.2) is 0 Å². The second-order valence-corrected chi connectivity index (χ2v) is 5.24. The van der Waals surface area contributed by atoms with Crippen LogP contribution < -0.4 is 5.32 Å². The minimum Gasteiger partial charge on any atom is -0.396 e. The summed E-state index contributed by atoms with van der Waals surface area (Å²) in [5.74, 6) is 0.515. The van der Waals surface area contributed by atoms with Gasteiger partial charge in [0.1, 0.15) is 5.69 Å². The van der Waals surface area contributed by atoms with Crippen LogP contribution in [0.4, 0.5) is 0 Å². The van der Waals surface area contributed by atoms with Crippen LogP contribution in [-0.4, -0.2) is 34.4 Å². The van der Waals surface area contributed by atoms with E-state index < -0.39 is 0 Å². The Bertz CT molecular complexity index is 382. The number of amides is 1. The zero-order valence-corrected chi connectivity index (χ0v) is 12.1. The van der Waals surface area contributed by atoms with Gasteiger partial charge in [0.2, 0.25) is 0 Å². The number of rotatable bonds is 8. The van der Waals surface area contributed by atoms with Gasteiger partial charge < -0.3 is 10.4 Å². The quantitative estimate of drug-likeness (QED) is 0.674. The molecule has 0 bridgehead atoms. The molecule has 0 aromatic carbocycles. The molecule has 1 aromatic rings. The molecule has 0 spiro atoms. The lowest BCUT2D eigenvalue weighted by Crippen LogP contribution is -2.30. The van der Waals surface area contributed by atoms with Gasteiger partial charge in [-0.15, -0.1) is 0 Å². The smallest absolute Gasteiger partial charge is 0.271 e. The number of carbonyl (C=O) groups excluding carboxylic acids is 1. The van der Waals surface area contributed by atoms with E-state index in [9.17, 15) is 4.79 Å². The van der Waals surface area contributed by atoms with Crippen molar-refractivity contribution in [2.24, 2.45) is 5.92 Å². The molecule has 0 saturated carbocycles. The van der Waals surface area contributed by atoms with E-state index in [0.717, 1.165) is 25.0 Å². The van der Waals surface area contributed by atoms with Gasteiger partial charge in [-0.1, -0.05) is 27.2 Å². The highest BCUT2D eigenvalue weighted by Crippen LogP contribution is 2.12. The van der Waals surface area contributed by atoms with Crippen LogP contribution in [0.5, 0.6) is 0 Å². The van der Waals surface area contributed by atoms with E-state index in [1.807, 2.05) is 13.8 Å². The van der Waals surface area contributed by atoms with Gasteiger partial charge in [0, 0.05) is 18.8 Å². The molecule has 0 aliphatic rings. The maximum absolute atomic E-state index is 11.9. The van der Waals surface area contributed by atoms with Crippen molar-refractivity contribution in [3.05, 3.63) is 17.5 Å². The molecule has 19 heavy (non-hydrogen) atoms. The van der Waals surface area contributed by atoms with Crippen molar-refractivity contribution in [3.8, 4) is 0 Å². The fraction of sp³-hybridized carbons (Fsp3) is 0.714. The van der Waals surface area contributed by atoms with Gasteiger partial charge in [-0.25, -0.2) is 0 Å². The van der Waals surface area contributed by atoms with Crippen molar-refractivity contribution >= 4 is 5.91 Å². The molecule has 0 aliphatic carbocycles. The molecular formula is C14H25N3O2. The fourth-order valence-electron chi connectivity index (χ4n) is 2.02. The van der Waals surface area contributed by atoms with Crippen molar-refractivity contribution in [1.29, 1.82) is 0 Å². The zero-order valence-electron chi connectivity index (χ0n) is 12.1. The lowest BCUT2D eigenvalue weighted by atomic mass is 10.0. The van der Waals surface area contributed by atoms with Gasteiger partial charge in [-0.05, 0) is 30.7 Å². The molecule has 1 aromatic heterocycles. The third-order valence-electron chi connectivity index (χ3n) is 3.24. The van der Waals surface area contributed by atoms with Crippen molar-refractivity contribution in [3.63, 3.8) is 0 Å². The summed E-state index contributed by atoms with van der Waals surface area (Å²) in [6.07, 6.45) is 2.80. The van der Waals surface area contributed by atoms with Crippen molar-refractivity contribution in [2.75, 3.05) is 13.2 Å². The number of aliphatic hydroxyl groups is 1. The summed E-state index contributed by atoms with van der Waals surface area (Å²) in [4.78, 5) is 11.9. The minimum absolute atomic E-state index is 0.151. The molecule has 3 N–H and O–H groups in total. The molecule has 5 heteroatoms. The number of aromatic nitrogens is 2. The monoisotopic (exact) mass is 267 g/mol. The molecule has 0 aliphatic heterocycles. The number of carbonyl (C=O) groups is 1. The first-order valence-electron chi connectivity index (χ1n) is 7.02. The average Bonchev–Trinajstić information content (AvgIpc) is 2.86. The van der Waals surface area contributed by atoms with Gasteiger partial charge in [0.25, 0.3) is 5.91 Å². The first-order chi connectivity index (χ1) is 9.08. The number of H-pyrrole nitrogens is 1. The first kappa shape index (κ1) is 15.7. The molecule has 0 fully saturated rings. The first-order valence-corrected chi connectivity index (χ1v) is 7.02. The standard InChI is InChI=1S/C14H25N3O2/c1-4-5-11(6-7-18)9-15-14(19)13-8-12(10(2)3)16-17-13/h8,10-11,18H,4-7,9H2,1-3H3,(H,15,19)(H,16,17). The molecular weight excluding hydrogens is 242 g/mol. The summed E-state index contributed by atoms with van der Waals surface area (Å²) in [6, 6.07) is 1.79. The Balaban J connectivity index is 2.48. The summed E-state index contributed by atoms with van der Waals surface area (Å²) >= 11 is 0. The van der Waals surface area contributed by atoms with Gasteiger partial charge in [0.05, 0.1) is 0 Å². The van der Waals surface area contributed by atoms with Crippen LogP contribution in [0, 0.1) is 5.92 Å². The predicted molar refractivity (Wildman–Crippen MR) is 75.1 cm³/mol. The number of nitrogens with one attached hydrogen (secondary N) is 2. The van der Waals surface area contributed by atoms with E-state index in [2.05, 4.69) is 22.4 Å². The number of nitrogens with zero attached hydrogens (tertiary/aromatic N) is 1. The lowest BCUT2D eigenvalue weighted by Gasteiger charge is -2.14. The zero-order chi connectivity index (χ0) is 14.3. The highest BCUT2D eigenvalue weighted by atomic mass is 16.3. The highest BCUT2D eigenvalue weighted by Gasteiger charge is 2.14. The molecule has 108 valence electrons. The van der Waals surface area contributed by atoms with Crippen LogP contribution in [0.3, 0.4) is 0 Å². The Labute approximate surface area is 114 Å². The molecule has 1 rings (SSSR count). The lowest BCUT2D eigenvalue weighted by molar-refractivity contribution is 0.0938. The SMILES string of the molecule is CCCC(CCO)CNC(=O)c1cc(C(C)C)[nH]n1. The Hall–Kier alpha value is -1.36. The van der Waals surface area contributed by atoms with E-state index in [1.54, 1.807) is 6.07 Å². The average molecular weight is 267 g/mol. The summed E-state index contributed by atoms with van der Waals surface area (Å²) in [7, 11) is 0. The molecule has 5 nitrogen and oxygen atoms in total. The van der Waals surface area contributed by atoms with Crippen LogP contribution in [0.25, 0.3) is 0 Å². The molecule has 1 amide bonds. The molecule has 1 heterocycles. The third kappa shape index (κ3) is 5.03. The summed E-state index contributed by atoms with van der Waals surface area (Å²) in [5.41, 5.74) is 1.40. The molecule has 0 saturated heterocycles. The Morgan fingerprint density at radius 1 is 1.47 bits per heavy atom. The summed E-state index contributed by atoms with van der Waals surface area (Å²) < 4.78 is 0. The number of hydrogen-bond acceptors (Lipinski definition) is 3. The maximum Gasteiger partial charge on any atom is 0.271 e. The van der Waals surface area contributed by atoms with E-state index in [-0.39, 0.29) is 12.5 Å². The second-order valence-electron chi connectivity index (χ2n) is 5.24. The third-order valence-corrected chi connectivity index (χ3v) is 3.24.